The van der Waals surface area contributed by atoms with Crippen LogP contribution in [0.4, 0.5) is 10.5 Å². The molecule has 0 radical (unpaired) electrons. The second-order valence-electron chi connectivity index (χ2n) is 5.34. The molecule has 2 aliphatic rings. The van der Waals surface area contributed by atoms with Crippen molar-refractivity contribution in [3.63, 3.8) is 0 Å². The highest BCUT2D eigenvalue weighted by atomic mass is 35.5. The number of anilines is 1. The number of benzene rings is 1. The summed E-state index contributed by atoms with van der Waals surface area (Å²) in [6.07, 6.45) is 1.20. The zero-order valence-electron chi connectivity index (χ0n) is 10.9. The van der Waals surface area contributed by atoms with Gasteiger partial charge in [-0.15, -0.1) is 11.6 Å². The van der Waals surface area contributed by atoms with E-state index in [0.29, 0.717) is 18.5 Å². The molecule has 2 fully saturated rings. The summed E-state index contributed by atoms with van der Waals surface area (Å²) in [4.78, 5) is 11.9. The number of alkyl halides is 1. The zero-order valence-corrected chi connectivity index (χ0v) is 11.7. The summed E-state index contributed by atoms with van der Waals surface area (Å²) >= 11 is 6.15. The van der Waals surface area contributed by atoms with Crippen LogP contribution in [0, 0.1) is 0 Å². The van der Waals surface area contributed by atoms with E-state index in [2.05, 4.69) is 5.32 Å². The maximum absolute atomic E-state index is 11.9. The number of rotatable bonds is 2. The predicted molar refractivity (Wildman–Crippen MR) is 75.0 cm³/mol. The zero-order chi connectivity index (χ0) is 14.1. The molecule has 3 rings (SSSR count). The Morgan fingerprint density at radius 1 is 1.30 bits per heavy atom. The Kier molecular flexibility index (Phi) is 3.83. The van der Waals surface area contributed by atoms with E-state index in [0.717, 1.165) is 6.42 Å². The summed E-state index contributed by atoms with van der Waals surface area (Å²) in [6.45, 7) is 0. The van der Waals surface area contributed by atoms with E-state index in [-0.39, 0.29) is 23.6 Å². The first-order chi connectivity index (χ1) is 9.63. The number of hydrogen-bond acceptors (Lipinski definition) is 4. The van der Waals surface area contributed by atoms with Gasteiger partial charge in [0.05, 0.1) is 6.04 Å². The Morgan fingerprint density at radius 3 is 2.80 bits per heavy atom. The largest absolute Gasteiger partial charge is 0.444 e. The molecule has 1 aromatic carbocycles. The molecule has 2 aliphatic heterocycles. The number of para-hydroxylation sites is 1. The first-order valence-corrected chi connectivity index (χ1v) is 7.21. The van der Waals surface area contributed by atoms with Crippen molar-refractivity contribution in [2.45, 2.75) is 42.8 Å². The fraction of sp³-hybridized carbons (Fsp3) is 0.500. The van der Waals surface area contributed by atoms with Gasteiger partial charge in [-0.1, -0.05) is 18.2 Å². The molecule has 5 nitrogen and oxygen atoms in total. The lowest BCUT2D eigenvalue weighted by Crippen LogP contribution is -2.44. The Morgan fingerprint density at radius 2 is 2.05 bits per heavy atom. The highest BCUT2D eigenvalue weighted by Crippen LogP contribution is 2.38. The van der Waals surface area contributed by atoms with E-state index in [1.165, 1.54) is 5.06 Å². The molecule has 6 heteroatoms. The minimum Gasteiger partial charge on any atom is -0.444 e. The Labute approximate surface area is 122 Å². The van der Waals surface area contributed by atoms with Crippen LogP contribution in [0.2, 0.25) is 0 Å². The molecule has 2 N–H and O–H groups in total. The quantitative estimate of drug-likeness (QED) is 0.824. The second-order valence-corrected chi connectivity index (χ2v) is 5.96. The summed E-state index contributed by atoms with van der Waals surface area (Å²) in [6, 6.07) is 8.94. The first-order valence-electron chi connectivity index (χ1n) is 6.77. The molecule has 2 saturated heterocycles. The molecule has 1 amide bonds. The number of amides is 1. The van der Waals surface area contributed by atoms with Crippen LogP contribution in [0.25, 0.3) is 0 Å². The van der Waals surface area contributed by atoms with Crippen LogP contribution in [0.15, 0.2) is 30.3 Å². The summed E-state index contributed by atoms with van der Waals surface area (Å²) in [5.74, 6) is 0. The number of ether oxygens (including phenoxy) is 1. The number of piperidine rings is 1. The predicted octanol–water partition coefficient (Wildman–Crippen LogP) is 2.84. The van der Waals surface area contributed by atoms with Crippen molar-refractivity contribution in [1.29, 1.82) is 0 Å². The monoisotopic (exact) mass is 296 g/mol. The van der Waals surface area contributed by atoms with Crippen LogP contribution < -0.4 is 5.32 Å². The van der Waals surface area contributed by atoms with Crippen LogP contribution in [0.5, 0.6) is 0 Å². The normalized spacial score (nSPS) is 32.9. The van der Waals surface area contributed by atoms with Crippen molar-refractivity contribution in [2.24, 2.45) is 0 Å². The highest BCUT2D eigenvalue weighted by molar-refractivity contribution is 6.20. The molecule has 0 saturated carbocycles. The average Bonchev–Trinajstić information content (AvgIpc) is 2.60. The minimum absolute atomic E-state index is 0.00854. The van der Waals surface area contributed by atoms with Gasteiger partial charge in [0, 0.05) is 23.5 Å². The number of hydroxylamine groups is 2. The molecule has 2 heterocycles. The maximum Gasteiger partial charge on any atom is 0.411 e. The molecule has 0 aromatic heterocycles. The smallest absolute Gasteiger partial charge is 0.411 e. The van der Waals surface area contributed by atoms with Gasteiger partial charge >= 0.3 is 6.09 Å². The Balaban J connectivity index is 1.60. The second kappa shape index (κ2) is 5.60. The third-order valence-electron chi connectivity index (χ3n) is 3.95. The van der Waals surface area contributed by atoms with Crippen LogP contribution in [-0.2, 0) is 4.74 Å². The molecule has 0 aliphatic carbocycles. The summed E-state index contributed by atoms with van der Waals surface area (Å²) in [5, 5.41) is 14.0. The van der Waals surface area contributed by atoms with Crippen LogP contribution in [0.3, 0.4) is 0 Å². The molecule has 108 valence electrons. The Bertz CT molecular complexity index is 485. The van der Waals surface area contributed by atoms with Gasteiger partial charge in [0.2, 0.25) is 0 Å². The lowest BCUT2D eigenvalue weighted by molar-refractivity contribution is -0.157. The lowest BCUT2D eigenvalue weighted by Gasteiger charge is -2.32. The van der Waals surface area contributed by atoms with Gasteiger partial charge in [0.1, 0.15) is 6.10 Å². The van der Waals surface area contributed by atoms with Gasteiger partial charge in [-0.05, 0) is 25.0 Å². The third kappa shape index (κ3) is 2.75. The van der Waals surface area contributed by atoms with E-state index in [4.69, 9.17) is 16.3 Å². The number of hydrogen-bond donors (Lipinski definition) is 2. The van der Waals surface area contributed by atoms with Crippen LogP contribution >= 0.6 is 11.6 Å². The van der Waals surface area contributed by atoms with Gasteiger partial charge in [0.15, 0.2) is 0 Å². The summed E-state index contributed by atoms with van der Waals surface area (Å²) in [7, 11) is 0. The van der Waals surface area contributed by atoms with E-state index >= 15 is 0 Å². The van der Waals surface area contributed by atoms with Gasteiger partial charge in [-0.2, -0.15) is 5.06 Å². The number of nitrogens with one attached hydrogen (secondary N) is 1. The molecular formula is C14H17ClN2O3. The minimum atomic E-state index is -0.492. The van der Waals surface area contributed by atoms with Crippen LogP contribution in [0.1, 0.15) is 19.3 Å². The first kappa shape index (κ1) is 13.7. The van der Waals surface area contributed by atoms with E-state index in [1.807, 2.05) is 18.2 Å². The van der Waals surface area contributed by atoms with Gasteiger partial charge in [-0.25, -0.2) is 4.79 Å². The van der Waals surface area contributed by atoms with Crippen molar-refractivity contribution in [3.8, 4) is 0 Å². The fourth-order valence-electron chi connectivity index (χ4n) is 3.02. The van der Waals surface area contributed by atoms with Crippen molar-refractivity contribution in [3.05, 3.63) is 30.3 Å². The third-order valence-corrected chi connectivity index (χ3v) is 4.31. The standard InChI is InChI=1S/C14H17ClN2O3/c15-9-6-11-8-13(12(7-9)17(11)19)20-14(18)16-10-4-2-1-3-5-10/h1-5,9,11-13,19H,6-8H2,(H,16,18)/t9-,11?,12?,13+/m0/s1. The number of carbonyl (C=O) groups excluding carboxylic acids is 1. The van der Waals surface area contributed by atoms with E-state index < -0.39 is 6.09 Å². The van der Waals surface area contributed by atoms with Gasteiger partial charge in [-0.3, -0.25) is 5.32 Å². The molecule has 4 atom stereocenters. The van der Waals surface area contributed by atoms with E-state index in [1.54, 1.807) is 12.1 Å². The summed E-state index contributed by atoms with van der Waals surface area (Å²) < 4.78 is 5.44. The van der Waals surface area contributed by atoms with Gasteiger partial charge in [0.25, 0.3) is 0 Å². The summed E-state index contributed by atoms with van der Waals surface area (Å²) in [5.41, 5.74) is 0.689. The van der Waals surface area contributed by atoms with Crippen LogP contribution in [-0.4, -0.2) is 39.9 Å². The number of halogens is 1. The Hall–Kier alpha value is -1.30. The molecule has 20 heavy (non-hydrogen) atoms. The molecule has 0 spiro atoms. The fourth-order valence-corrected chi connectivity index (χ4v) is 3.41. The van der Waals surface area contributed by atoms with Gasteiger partial charge < -0.3 is 9.94 Å². The van der Waals surface area contributed by atoms with E-state index in [9.17, 15) is 10.0 Å². The number of fused-ring (bicyclic) bond motifs is 2. The maximum atomic E-state index is 11.9. The van der Waals surface area contributed by atoms with Crippen molar-refractivity contribution in [2.75, 3.05) is 5.32 Å². The average molecular weight is 297 g/mol. The topological polar surface area (TPSA) is 61.8 Å². The van der Waals surface area contributed by atoms with Crippen molar-refractivity contribution >= 4 is 23.4 Å². The molecule has 2 unspecified atom stereocenters. The lowest BCUT2D eigenvalue weighted by atomic mass is 10.0. The molecular weight excluding hydrogens is 280 g/mol. The number of carbonyl (C=O) groups is 1. The number of nitrogens with zero attached hydrogens (tertiary/aromatic N) is 1. The molecule has 2 bridgehead atoms. The SMILES string of the molecule is O=C(Nc1ccccc1)O[C@@H]1CC2C[C@H](Cl)CC1N2O. The highest BCUT2D eigenvalue weighted by Gasteiger charge is 2.48. The molecule has 1 aromatic rings. The van der Waals surface area contributed by atoms with Crippen molar-refractivity contribution < 1.29 is 14.7 Å². The van der Waals surface area contributed by atoms with Crippen molar-refractivity contribution in [1.82, 2.24) is 5.06 Å².